The largest absolute Gasteiger partial charge is 0.501 e. The summed E-state index contributed by atoms with van der Waals surface area (Å²) in [5.74, 6) is 0. The highest BCUT2D eigenvalue weighted by Crippen LogP contribution is 2.27. The zero-order valence-electron chi connectivity index (χ0n) is 7.62. The average molecular weight is 179 g/mol. The van der Waals surface area contributed by atoms with Gasteiger partial charge in [0.15, 0.2) is 0 Å². The second-order valence-corrected chi connectivity index (χ2v) is 3.09. The summed E-state index contributed by atoms with van der Waals surface area (Å²) in [5.41, 5.74) is 2.43. The molecule has 2 rings (SSSR count). The quantitative estimate of drug-likeness (QED) is 0.768. The Balaban J connectivity index is 2.18. The third kappa shape index (κ3) is 1.60. The zero-order valence-corrected chi connectivity index (χ0v) is 7.62. The molecule has 2 heterocycles. The minimum Gasteiger partial charge on any atom is -0.501 e. The van der Waals surface area contributed by atoms with Crippen molar-refractivity contribution < 1.29 is 9.15 Å². The first kappa shape index (κ1) is 8.38. The van der Waals surface area contributed by atoms with Gasteiger partial charge >= 0.3 is 0 Å². The van der Waals surface area contributed by atoms with Gasteiger partial charge in [0.1, 0.15) is 0 Å². The van der Waals surface area contributed by atoms with Gasteiger partial charge < -0.3 is 14.5 Å². The maximum Gasteiger partial charge on any atom is 0.0953 e. The van der Waals surface area contributed by atoms with Gasteiger partial charge in [0.25, 0.3) is 0 Å². The SMILES string of the molecule is CNC(C1=COCC1)c1ccoc1. The summed E-state index contributed by atoms with van der Waals surface area (Å²) < 4.78 is 10.3. The van der Waals surface area contributed by atoms with Crippen molar-refractivity contribution in [3.8, 4) is 0 Å². The van der Waals surface area contributed by atoms with E-state index in [-0.39, 0.29) is 6.04 Å². The van der Waals surface area contributed by atoms with Crippen molar-refractivity contribution in [2.45, 2.75) is 12.5 Å². The van der Waals surface area contributed by atoms with Crippen LogP contribution in [0.1, 0.15) is 18.0 Å². The smallest absolute Gasteiger partial charge is 0.0953 e. The van der Waals surface area contributed by atoms with Crippen molar-refractivity contribution in [3.63, 3.8) is 0 Å². The fraction of sp³-hybridized carbons (Fsp3) is 0.400. The van der Waals surface area contributed by atoms with Gasteiger partial charge in [-0.15, -0.1) is 0 Å². The summed E-state index contributed by atoms with van der Waals surface area (Å²) in [6.07, 6.45) is 6.29. The molecule has 0 bridgehead atoms. The van der Waals surface area contributed by atoms with Crippen LogP contribution in [-0.2, 0) is 4.74 Å². The Morgan fingerprint density at radius 2 is 2.46 bits per heavy atom. The Morgan fingerprint density at radius 1 is 1.54 bits per heavy atom. The van der Waals surface area contributed by atoms with E-state index in [4.69, 9.17) is 9.15 Å². The molecule has 13 heavy (non-hydrogen) atoms. The number of furan rings is 1. The predicted molar refractivity (Wildman–Crippen MR) is 49.2 cm³/mol. The second kappa shape index (κ2) is 3.66. The van der Waals surface area contributed by atoms with Crippen LogP contribution in [0.25, 0.3) is 0 Å². The van der Waals surface area contributed by atoms with Gasteiger partial charge in [-0.1, -0.05) is 0 Å². The van der Waals surface area contributed by atoms with E-state index in [0.717, 1.165) is 18.6 Å². The molecule has 0 fully saturated rings. The molecule has 0 radical (unpaired) electrons. The standard InChI is InChI=1S/C10H13NO2/c1-11-10(8-2-4-12-6-8)9-3-5-13-7-9/h2,4,6-7,10-11H,3,5H2,1H3. The topological polar surface area (TPSA) is 34.4 Å². The number of hydrogen-bond donors (Lipinski definition) is 1. The van der Waals surface area contributed by atoms with Gasteiger partial charge in [0.2, 0.25) is 0 Å². The van der Waals surface area contributed by atoms with Crippen molar-refractivity contribution in [2.75, 3.05) is 13.7 Å². The lowest BCUT2D eigenvalue weighted by Gasteiger charge is -2.13. The number of hydrogen-bond acceptors (Lipinski definition) is 3. The monoisotopic (exact) mass is 179 g/mol. The van der Waals surface area contributed by atoms with E-state index in [0.29, 0.717) is 0 Å². The molecule has 3 heteroatoms. The molecule has 1 aromatic rings. The second-order valence-electron chi connectivity index (χ2n) is 3.09. The minimum absolute atomic E-state index is 0.237. The first-order valence-corrected chi connectivity index (χ1v) is 4.41. The fourth-order valence-corrected chi connectivity index (χ4v) is 1.62. The normalized spacial score (nSPS) is 18.1. The summed E-state index contributed by atoms with van der Waals surface area (Å²) >= 11 is 0. The van der Waals surface area contributed by atoms with Crippen LogP contribution in [0.15, 0.2) is 34.8 Å². The van der Waals surface area contributed by atoms with Gasteiger partial charge in [-0.3, -0.25) is 0 Å². The van der Waals surface area contributed by atoms with Crippen molar-refractivity contribution in [3.05, 3.63) is 36.0 Å². The summed E-state index contributed by atoms with van der Waals surface area (Å²) in [6.45, 7) is 0.797. The van der Waals surface area contributed by atoms with Crippen LogP contribution in [0.5, 0.6) is 0 Å². The lowest BCUT2D eigenvalue weighted by atomic mass is 10.0. The molecule has 70 valence electrons. The highest BCUT2D eigenvalue weighted by molar-refractivity contribution is 5.25. The number of ether oxygens (including phenoxy) is 1. The highest BCUT2D eigenvalue weighted by Gasteiger charge is 2.18. The zero-order chi connectivity index (χ0) is 9.10. The predicted octanol–water partition coefficient (Wildman–Crippen LogP) is 1.84. The summed E-state index contributed by atoms with van der Waals surface area (Å²) in [7, 11) is 1.94. The van der Waals surface area contributed by atoms with Crippen LogP contribution in [-0.4, -0.2) is 13.7 Å². The Morgan fingerprint density at radius 3 is 3.00 bits per heavy atom. The van der Waals surface area contributed by atoms with E-state index in [1.54, 1.807) is 12.5 Å². The molecule has 1 aromatic heterocycles. The summed E-state index contributed by atoms with van der Waals surface area (Å²) in [6, 6.07) is 2.21. The van der Waals surface area contributed by atoms with Gasteiger partial charge in [-0.05, 0) is 18.7 Å². The molecule has 0 aromatic carbocycles. The Hall–Kier alpha value is -1.22. The van der Waals surface area contributed by atoms with Gasteiger partial charge in [0, 0.05) is 12.0 Å². The van der Waals surface area contributed by atoms with Crippen molar-refractivity contribution in [1.29, 1.82) is 0 Å². The highest BCUT2D eigenvalue weighted by atomic mass is 16.5. The van der Waals surface area contributed by atoms with Crippen LogP contribution in [0.3, 0.4) is 0 Å². The number of nitrogens with one attached hydrogen (secondary N) is 1. The van der Waals surface area contributed by atoms with Crippen molar-refractivity contribution in [2.24, 2.45) is 0 Å². The van der Waals surface area contributed by atoms with Crippen molar-refractivity contribution >= 4 is 0 Å². The molecule has 1 N–H and O–H groups in total. The van der Waals surface area contributed by atoms with Crippen molar-refractivity contribution in [1.82, 2.24) is 5.32 Å². The van der Waals surface area contributed by atoms with Crippen LogP contribution >= 0.6 is 0 Å². The molecule has 0 spiro atoms. The molecule has 1 atom stereocenters. The van der Waals surface area contributed by atoms with Gasteiger partial charge in [-0.25, -0.2) is 0 Å². The van der Waals surface area contributed by atoms with Gasteiger partial charge in [0.05, 0.1) is 31.4 Å². The molecule has 1 aliphatic heterocycles. The maximum absolute atomic E-state index is 5.21. The van der Waals surface area contributed by atoms with E-state index in [1.807, 2.05) is 19.4 Å². The Bertz CT molecular complexity index is 290. The van der Waals surface area contributed by atoms with E-state index in [1.165, 1.54) is 5.57 Å². The lowest BCUT2D eigenvalue weighted by molar-refractivity contribution is 0.281. The van der Waals surface area contributed by atoms with Gasteiger partial charge in [-0.2, -0.15) is 0 Å². The molecular weight excluding hydrogens is 166 g/mol. The summed E-state index contributed by atoms with van der Waals surface area (Å²) in [4.78, 5) is 0. The summed E-state index contributed by atoms with van der Waals surface area (Å²) in [5, 5.41) is 3.24. The Kier molecular flexibility index (Phi) is 2.36. The molecule has 0 saturated heterocycles. The molecule has 0 amide bonds. The third-order valence-electron chi connectivity index (χ3n) is 2.28. The molecule has 1 aliphatic rings. The van der Waals surface area contributed by atoms with E-state index >= 15 is 0 Å². The third-order valence-corrected chi connectivity index (χ3v) is 2.28. The minimum atomic E-state index is 0.237. The first-order chi connectivity index (χ1) is 6.42. The number of rotatable bonds is 3. The van der Waals surface area contributed by atoms with E-state index in [2.05, 4.69) is 5.32 Å². The van der Waals surface area contributed by atoms with E-state index in [9.17, 15) is 0 Å². The first-order valence-electron chi connectivity index (χ1n) is 4.41. The Labute approximate surface area is 77.4 Å². The fourth-order valence-electron chi connectivity index (χ4n) is 1.62. The lowest BCUT2D eigenvalue weighted by Crippen LogP contribution is -2.17. The van der Waals surface area contributed by atoms with Crippen LogP contribution in [0, 0.1) is 0 Å². The van der Waals surface area contributed by atoms with Crippen LogP contribution < -0.4 is 5.32 Å². The molecule has 0 saturated carbocycles. The molecule has 0 aliphatic carbocycles. The maximum atomic E-state index is 5.21. The average Bonchev–Trinajstić information content (AvgIpc) is 2.76. The van der Waals surface area contributed by atoms with E-state index < -0.39 is 0 Å². The van der Waals surface area contributed by atoms with Crippen LogP contribution in [0.4, 0.5) is 0 Å². The molecule has 3 nitrogen and oxygen atoms in total. The number of likely N-dealkylation sites (N-methyl/N-ethyl adjacent to an activating group) is 1. The molecular formula is C10H13NO2. The van der Waals surface area contributed by atoms with Crippen LogP contribution in [0.2, 0.25) is 0 Å². The molecule has 1 unspecified atom stereocenters.